The van der Waals surface area contributed by atoms with E-state index in [0.29, 0.717) is 5.82 Å². The first kappa shape index (κ1) is 13.8. The van der Waals surface area contributed by atoms with Gasteiger partial charge in [-0.2, -0.15) is 11.3 Å². The highest BCUT2D eigenvalue weighted by Crippen LogP contribution is 2.23. The van der Waals surface area contributed by atoms with E-state index in [0.717, 1.165) is 18.2 Å². The topological polar surface area (TPSA) is 55.0 Å². The number of nitrogen functional groups attached to an aromatic ring is 1. The summed E-state index contributed by atoms with van der Waals surface area (Å²) in [6.07, 6.45) is 0. The van der Waals surface area contributed by atoms with Crippen molar-refractivity contribution in [3.8, 4) is 0 Å². The van der Waals surface area contributed by atoms with E-state index in [2.05, 4.69) is 52.5 Å². The molecule has 2 aromatic rings. The molecule has 0 atom stereocenters. The van der Waals surface area contributed by atoms with Gasteiger partial charge in [-0.05, 0) is 22.4 Å². The van der Waals surface area contributed by atoms with Crippen molar-refractivity contribution in [2.45, 2.75) is 32.7 Å². The second-order valence-corrected chi connectivity index (χ2v) is 6.49. The van der Waals surface area contributed by atoms with Crippen molar-refractivity contribution >= 4 is 23.0 Å². The lowest BCUT2D eigenvalue weighted by Crippen LogP contribution is -2.22. The molecule has 4 nitrogen and oxygen atoms in total. The molecule has 0 amide bonds. The predicted molar refractivity (Wildman–Crippen MR) is 81.6 cm³/mol. The van der Waals surface area contributed by atoms with Gasteiger partial charge < -0.3 is 10.6 Å². The van der Waals surface area contributed by atoms with Crippen LogP contribution < -0.4 is 10.6 Å². The monoisotopic (exact) mass is 276 g/mol. The fraction of sp³-hybridized carbons (Fsp3) is 0.429. The SMILES string of the molecule is CN(Cc1ccsc1)c1cc(N)nc(C(C)(C)C)n1. The number of rotatable bonds is 3. The van der Waals surface area contributed by atoms with Gasteiger partial charge in [-0.3, -0.25) is 0 Å². The van der Waals surface area contributed by atoms with Gasteiger partial charge in [-0.15, -0.1) is 0 Å². The van der Waals surface area contributed by atoms with Crippen LogP contribution in [0.1, 0.15) is 32.2 Å². The summed E-state index contributed by atoms with van der Waals surface area (Å²) < 4.78 is 0. The summed E-state index contributed by atoms with van der Waals surface area (Å²) in [7, 11) is 2.02. The Hall–Kier alpha value is -1.62. The Bertz CT molecular complexity index is 543. The van der Waals surface area contributed by atoms with E-state index >= 15 is 0 Å². The molecule has 19 heavy (non-hydrogen) atoms. The molecule has 2 rings (SSSR count). The van der Waals surface area contributed by atoms with E-state index < -0.39 is 0 Å². The molecule has 0 aliphatic heterocycles. The summed E-state index contributed by atoms with van der Waals surface area (Å²) in [5.41, 5.74) is 7.07. The molecule has 0 fully saturated rings. The maximum Gasteiger partial charge on any atom is 0.138 e. The van der Waals surface area contributed by atoms with Crippen LogP contribution in [0, 0.1) is 0 Å². The number of aromatic nitrogens is 2. The third-order valence-electron chi connectivity index (χ3n) is 2.79. The first-order chi connectivity index (χ1) is 8.86. The minimum Gasteiger partial charge on any atom is -0.384 e. The highest BCUT2D eigenvalue weighted by molar-refractivity contribution is 7.07. The number of hydrogen-bond donors (Lipinski definition) is 1. The lowest BCUT2D eigenvalue weighted by Gasteiger charge is -2.22. The smallest absolute Gasteiger partial charge is 0.138 e. The molecule has 0 unspecified atom stereocenters. The molecule has 0 saturated carbocycles. The minimum atomic E-state index is -0.104. The molecular formula is C14H20N4S. The third kappa shape index (κ3) is 3.44. The lowest BCUT2D eigenvalue weighted by atomic mass is 9.96. The quantitative estimate of drug-likeness (QED) is 0.936. The lowest BCUT2D eigenvalue weighted by molar-refractivity contribution is 0.545. The largest absolute Gasteiger partial charge is 0.384 e. The normalized spacial score (nSPS) is 11.6. The predicted octanol–water partition coefficient (Wildman–Crippen LogP) is 3.05. The molecule has 0 aromatic carbocycles. The number of anilines is 2. The van der Waals surface area contributed by atoms with Gasteiger partial charge in [0.1, 0.15) is 17.5 Å². The fourth-order valence-corrected chi connectivity index (χ4v) is 2.38. The Kier molecular flexibility index (Phi) is 3.75. The maximum absolute atomic E-state index is 5.89. The molecule has 2 aromatic heterocycles. The van der Waals surface area contributed by atoms with Gasteiger partial charge >= 0.3 is 0 Å². The van der Waals surface area contributed by atoms with E-state index in [1.807, 2.05) is 13.1 Å². The van der Waals surface area contributed by atoms with E-state index in [1.54, 1.807) is 11.3 Å². The summed E-state index contributed by atoms with van der Waals surface area (Å²) in [6.45, 7) is 7.09. The molecule has 2 N–H and O–H groups in total. The fourth-order valence-electron chi connectivity index (χ4n) is 1.72. The zero-order valence-corrected chi connectivity index (χ0v) is 12.7. The Morgan fingerprint density at radius 1 is 1.32 bits per heavy atom. The van der Waals surface area contributed by atoms with Crippen LogP contribution in [0.2, 0.25) is 0 Å². The highest BCUT2D eigenvalue weighted by Gasteiger charge is 2.19. The summed E-state index contributed by atoms with van der Waals surface area (Å²) in [5, 5.41) is 4.23. The summed E-state index contributed by atoms with van der Waals surface area (Å²) in [6, 6.07) is 3.94. The minimum absolute atomic E-state index is 0.104. The van der Waals surface area contributed by atoms with E-state index in [1.165, 1.54) is 5.56 Å². The molecule has 0 saturated heterocycles. The van der Waals surface area contributed by atoms with Gasteiger partial charge in [0.25, 0.3) is 0 Å². The Labute approximate surface area is 118 Å². The number of nitrogens with zero attached hydrogens (tertiary/aromatic N) is 3. The van der Waals surface area contributed by atoms with E-state index in [9.17, 15) is 0 Å². The molecule has 5 heteroatoms. The Morgan fingerprint density at radius 2 is 2.05 bits per heavy atom. The van der Waals surface area contributed by atoms with E-state index in [-0.39, 0.29) is 5.41 Å². The van der Waals surface area contributed by atoms with Crippen molar-refractivity contribution in [2.75, 3.05) is 17.7 Å². The molecule has 0 radical (unpaired) electrons. The second kappa shape index (κ2) is 5.17. The second-order valence-electron chi connectivity index (χ2n) is 5.71. The highest BCUT2D eigenvalue weighted by atomic mass is 32.1. The van der Waals surface area contributed by atoms with Crippen molar-refractivity contribution < 1.29 is 0 Å². The van der Waals surface area contributed by atoms with Crippen LogP contribution in [0.15, 0.2) is 22.9 Å². The van der Waals surface area contributed by atoms with Gasteiger partial charge in [0.2, 0.25) is 0 Å². The van der Waals surface area contributed by atoms with Crippen molar-refractivity contribution in [1.29, 1.82) is 0 Å². The van der Waals surface area contributed by atoms with Gasteiger partial charge in [0.15, 0.2) is 0 Å². The summed E-state index contributed by atoms with van der Waals surface area (Å²) >= 11 is 1.70. The Balaban J connectivity index is 2.26. The summed E-state index contributed by atoms with van der Waals surface area (Å²) in [4.78, 5) is 11.0. The van der Waals surface area contributed by atoms with Crippen molar-refractivity contribution in [3.05, 3.63) is 34.3 Å². The first-order valence-corrected chi connectivity index (χ1v) is 7.18. The average Bonchev–Trinajstić information content (AvgIpc) is 2.79. The standard InChI is InChI=1S/C14H20N4S/c1-14(2,3)13-16-11(15)7-12(17-13)18(4)8-10-5-6-19-9-10/h5-7,9H,8H2,1-4H3,(H2,15,16,17). The van der Waals surface area contributed by atoms with Gasteiger partial charge in [-0.25, -0.2) is 9.97 Å². The zero-order chi connectivity index (χ0) is 14.0. The maximum atomic E-state index is 5.89. The molecule has 102 valence electrons. The molecule has 0 aliphatic rings. The summed E-state index contributed by atoms with van der Waals surface area (Å²) in [5.74, 6) is 2.16. The van der Waals surface area contributed by atoms with Crippen LogP contribution in [-0.4, -0.2) is 17.0 Å². The van der Waals surface area contributed by atoms with Crippen LogP contribution in [-0.2, 0) is 12.0 Å². The van der Waals surface area contributed by atoms with Crippen LogP contribution in [0.25, 0.3) is 0 Å². The van der Waals surface area contributed by atoms with Crippen molar-refractivity contribution in [2.24, 2.45) is 0 Å². The average molecular weight is 276 g/mol. The van der Waals surface area contributed by atoms with Gasteiger partial charge in [0.05, 0.1) is 0 Å². The van der Waals surface area contributed by atoms with E-state index in [4.69, 9.17) is 5.73 Å². The third-order valence-corrected chi connectivity index (χ3v) is 3.53. The van der Waals surface area contributed by atoms with Crippen LogP contribution in [0.5, 0.6) is 0 Å². The van der Waals surface area contributed by atoms with Crippen LogP contribution in [0.4, 0.5) is 11.6 Å². The zero-order valence-electron chi connectivity index (χ0n) is 11.8. The molecule has 0 spiro atoms. The van der Waals surface area contributed by atoms with Crippen LogP contribution >= 0.6 is 11.3 Å². The molecule has 2 heterocycles. The van der Waals surface area contributed by atoms with Gasteiger partial charge in [-0.1, -0.05) is 20.8 Å². The Morgan fingerprint density at radius 3 is 2.63 bits per heavy atom. The van der Waals surface area contributed by atoms with Gasteiger partial charge in [0, 0.05) is 25.1 Å². The number of nitrogens with two attached hydrogens (primary N) is 1. The molecular weight excluding hydrogens is 256 g/mol. The molecule has 0 aliphatic carbocycles. The number of hydrogen-bond acceptors (Lipinski definition) is 5. The first-order valence-electron chi connectivity index (χ1n) is 6.23. The van der Waals surface area contributed by atoms with Crippen molar-refractivity contribution in [1.82, 2.24) is 9.97 Å². The van der Waals surface area contributed by atoms with Crippen LogP contribution in [0.3, 0.4) is 0 Å². The molecule has 0 bridgehead atoms. The number of thiophene rings is 1. The van der Waals surface area contributed by atoms with Crippen molar-refractivity contribution in [3.63, 3.8) is 0 Å².